The van der Waals surface area contributed by atoms with E-state index >= 15 is 0 Å². The first-order chi connectivity index (χ1) is 12.6. The van der Waals surface area contributed by atoms with Gasteiger partial charge in [-0.3, -0.25) is 4.79 Å². The van der Waals surface area contributed by atoms with Crippen LogP contribution in [0.15, 0.2) is 36.4 Å². The van der Waals surface area contributed by atoms with Gasteiger partial charge in [-0.25, -0.2) is 0 Å². The van der Waals surface area contributed by atoms with Crippen molar-refractivity contribution in [1.82, 2.24) is 0 Å². The SMILES string of the molecule is CC[N+]1(C)[C@@H]2CC[C@H]1CC(OC(=O)C1CCCC=C1c1ccccc1)C2.[Br-]. The van der Waals surface area contributed by atoms with E-state index < -0.39 is 0 Å². The minimum atomic E-state index is -0.0854. The Morgan fingerprint density at radius 2 is 1.78 bits per heavy atom. The van der Waals surface area contributed by atoms with E-state index in [1.54, 1.807) is 0 Å². The number of hydrogen-bond donors (Lipinski definition) is 0. The van der Waals surface area contributed by atoms with Crippen LogP contribution in [0, 0.1) is 5.92 Å². The molecule has 2 fully saturated rings. The van der Waals surface area contributed by atoms with Crippen LogP contribution in [0.25, 0.3) is 5.57 Å². The number of ether oxygens (including phenoxy) is 1. The molecule has 0 amide bonds. The highest BCUT2D eigenvalue weighted by Crippen LogP contribution is 2.42. The average Bonchev–Trinajstić information content (AvgIpc) is 2.85. The maximum absolute atomic E-state index is 13.0. The lowest BCUT2D eigenvalue weighted by atomic mass is 9.83. The van der Waals surface area contributed by atoms with Gasteiger partial charge >= 0.3 is 5.97 Å². The summed E-state index contributed by atoms with van der Waals surface area (Å²) in [6.07, 6.45) is 10.1. The van der Waals surface area contributed by atoms with Crippen LogP contribution in [0.1, 0.15) is 57.4 Å². The Bertz CT molecular complexity index is 673. The summed E-state index contributed by atoms with van der Waals surface area (Å²) in [4.78, 5) is 13.0. The lowest BCUT2D eigenvalue weighted by molar-refractivity contribution is -0.947. The number of halogens is 1. The smallest absolute Gasteiger partial charge is 0.313 e. The molecule has 0 spiro atoms. The number of fused-ring (bicyclic) bond motifs is 2. The average molecular weight is 434 g/mol. The molecule has 3 nitrogen and oxygen atoms in total. The number of allylic oxidation sites excluding steroid dienone is 1. The summed E-state index contributed by atoms with van der Waals surface area (Å²) >= 11 is 0. The molecule has 1 aromatic carbocycles. The Labute approximate surface area is 174 Å². The molecule has 1 aliphatic carbocycles. The molecule has 0 aromatic heterocycles. The highest BCUT2D eigenvalue weighted by molar-refractivity contribution is 5.89. The first kappa shape index (κ1) is 20.6. The third-order valence-corrected chi connectivity index (χ3v) is 7.36. The number of carbonyl (C=O) groups excluding carboxylic acids is 1. The quantitative estimate of drug-likeness (QED) is 0.532. The summed E-state index contributed by atoms with van der Waals surface area (Å²) in [5, 5.41) is 0. The molecule has 4 rings (SSSR count). The van der Waals surface area contributed by atoms with Crippen LogP contribution in [0.5, 0.6) is 0 Å². The highest BCUT2D eigenvalue weighted by Gasteiger charge is 2.51. The molecular formula is C23H32BrNO2. The monoisotopic (exact) mass is 433 g/mol. The number of piperidine rings is 1. The molecule has 27 heavy (non-hydrogen) atoms. The molecule has 2 saturated heterocycles. The summed E-state index contributed by atoms with van der Waals surface area (Å²) in [5.74, 6) is -0.0745. The van der Waals surface area contributed by atoms with Gasteiger partial charge in [0.25, 0.3) is 0 Å². The van der Waals surface area contributed by atoms with Gasteiger partial charge in [0.05, 0.1) is 31.6 Å². The summed E-state index contributed by atoms with van der Waals surface area (Å²) in [5.41, 5.74) is 2.35. The van der Waals surface area contributed by atoms with Gasteiger partial charge in [0.2, 0.25) is 0 Å². The molecule has 4 heteroatoms. The van der Waals surface area contributed by atoms with Crippen LogP contribution >= 0.6 is 0 Å². The lowest BCUT2D eigenvalue weighted by Crippen LogP contribution is -3.00. The molecule has 0 N–H and O–H groups in total. The predicted molar refractivity (Wildman–Crippen MR) is 104 cm³/mol. The van der Waals surface area contributed by atoms with E-state index in [1.165, 1.54) is 35.0 Å². The Hall–Kier alpha value is -1.13. The molecule has 3 aliphatic rings. The second kappa shape index (κ2) is 8.48. The number of benzene rings is 1. The van der Waals surface area contributed by atoms with Crippen LogP contribution in [0.3, 0.4) is 0 Å². The fraction of sp³-hybridized carbons (Fsp3) is 0.609. The highest BCUT2D eigenvalue weighted by atomic mass is 79.9. The molecule has 0 saturated carbocycles. The zero-order chi connectivity index (χ0) is 18.1. The van der Waals surface area contributed by atoms with Crippen molar-refractivity contribution in [3.8, 4) is 0 Å². The van der Waals surface area contributed by atoms with Crippen LogP contribution in [-0.2, 0) is 9.53 Å². The number of esters is 1. The van der Waals surface area contributed by atoms with E-state index in [0.717, 1.165) is 32.1 Å². The van der Waals surface area contributed by atoms with Gasteiger partial charge in [-0.15, -0.1) is 0 Å². The number of hydrogen-bond acceptors (Lipinski definition) is 2. The Kier molecular flexibility index (Phi) is 6.47. The summed E-state index contributed by atoms with van der Waals surface area (Å²) in [6.45, 7) is 3.50. The molecule has 1 aromatic rings. The fourth-order valence-corrected chi connectivity index (χ4v) is 5.62. The van der Waals surface area contributed by atoms with E-state index in [2.05, 4.69) is 44.3 Å². The number of nitrogens with zero attached hydrogens (tertiary/aromatic N) is 1. The van der Waals surface area contributed by atoms with Crippen molar-refractivity contribution < 1.29 is 31.0 Å². The molecule has 5 atom stereocenters. The largest absolute Gasteiger partial charge is 1.00 e. The van der Waals surface area contributed by atoms with Crippen molar-refractivity contribution in [2.75, 3.05) is 13.6 Å². The summed E-state index contributed by atoms with van der Waals surface area (Å²) in [7, 11) is 2.40. The minimum Gasteiger partial charge on any atom is -1.00 e. The van der Waals surface area contributed by atoms with Gasteiger partial charge in [0.1, 0.15) is 6.10 Å². The van der Waals surface area contributed by atoms with Crippen molar-refractivity contribution in [2.45, 2.75) is 70.1 Å². The van der Waals surface area contributed by atoms with Gasteiger partial charge in [-0.2, -0.15) is 0 Å². The second-order valence-electron chi connectivity index (χ2n) is 8.59. The zero-order valence-corrected chi connectivity index (χ0v) is 18.2. The maximum atomic E-state index is 13.0. The number of quaternary nitrogens is 1. The zero-order valence-electron chi connectivity index (χ0n) is 16.6. The van der Waals surface area contributed by atoms with Crippen molar-refractivity contribution >= 4 is 11.5 Å². The van der Waals surface area contributed by atoms with Crippen molar-refractivity contribution in [3.63, 3.8) is 0 Å². The van der Waals surface area contributed by atoms with Crippen LogP contribution in [0.4, 0.5) is 0 Å². The van der Waals surface area contributed by atoms with E-state index in [0.29, 0.717) is 12.1 Å². The van der Waals surface area contributed by atoms with Crippen LogP contribution < -0.4 is 17.0 Å². The first-order valence-corrected chi connectivity index (χ1v) is 10.4. The van der Waals surface area contributed by atoms with E-state index in [4.69, 9.17) is 4.74 Å². The molecule has 148 valence electrons. The molecule has 2 heterocycles. The van der Waals surface area contributed by atoms with Crippen molar-refractivity contribution in [3.05, 3.63) is 42.0 Å². The third-order valence-electron chi connectivity index (χ3n) is 7.36. The summed E-state index contributed by atoms with van der Waals surface area (Å²) in [6, 6.07) is 11.7. The standard InChI is InChI=1S/C23H32NO2.BrH/c1-3-24(2)18-13-14-19(24)16-20(15-18)26-23(25)22-12-8-7-11-21(22)17-9-5-4-6-10-17;/h4-6,9-11,18-20,22H,3,7-8,12-16H2,1-2H3;1H/q+1;/p-1/t18-,19+,20?,22?,24?;. The third kappa shape index (κ3) is 3.88. The minimum absolute atomic E-state index is 0. The molecule has 3 unspecified atom stereocenters. The fourth-order valence-electron chi connectivity index (χ4n) is 5.62. The normalized spacial score (nSPS) is 35.1. The van der Waals surface area contributed by atoms with Gasteiger partial charge in [-0.05, 0) is 37.3 Å². The Morgan fingerprint density at radius 1 is 1.11 bits per heavy atom. The first-order valence-electron chi connectivity index (χ1n) is 10.4. The molecule has 2 bridgehead atoms. The van der Waals surface area contributed by atoms with Gasteiger partial charge in [-0.1, -0.05) is 36.4 Å². The van der Waals surface area contributed by atoms with Gasteiger partial charge in [0.15, 0.2) is 0 Å². The van der Waals surface area contributed by atoms with Crippen LogP contribution in [0.2, 0.25) is 0 Å². The van der Waals surface area contributed by atoms with Gasteiger partial charge < -0.3 is 26.2 Å². The van der Waals surface area contributed by atoms with Crippen molar-refractivity contribution in [1.29, 1.82) is 0 Å². The predicted octanol–water partition coefficient (Wildman–Crippen LogP) is 1.58. The van der Waals surface area contributed by atoms with E-state index in [-0.39, 0.29) is 35.0 Å². The Balaban J connectivity index is 0.00000210. The Morgan fingerprint density at radius 3 is 2.41 bits per heavy atom. The summed E-state index contributed by atoms with van der Waals surface area (Å²) < 4.78 is 7.30. The topological polar surface area (TPSA) is 26.3 Å². The molecule has 2 aliphatic heterocycles. The maximum Gasteiger partial charge on any atom is 0.313 e. The van der Waals surface area contributed by atoms with E-state index in [1.807, 2.05) is 6.07 Å². The van der Waals surface area contributed by atoms with E-state index in [9.17, 15) is 4.79 Å². The molecule has 0 radical (unpaired) electrons. The van der Waals surface area contributed by atoms with Crippen LogP contribution in [-0.4, -0.2) is 42.2 Å². The van der Waals surface area contributed by atoms with Gasteiger partial charge in [0, 0.05) is 25.7 Å². The second-order valence-corrected chi connectivity index (χ2v) is 8.59. The number of rotatable bonds is 4. The van der Waals surface area contributed by atoms with Crippen molar-refractivity contribution in [2.24, 2.45) is 5.92 Å². The number of carbonyl (C=O) groups is 1. The lowest BCUT2D eigenvalue weighted by Gasteiger charge is -2.46. The molecular weight excluding hydrogens is 402 g/mol.